The van der Waals surface area contributed by atoms with Gasteiger partial charge in [-0.15, -0.1) is 0 Å². The molecule has 1 N–H and O–H groups in total. The van der Waals surface area contributed by atoms with Crippen molar-refractivity contribution in [3.63, 3.8) is 0 Å². The Bertz CT molecular complexity index is 1020. The number of rotatable bonds is 5. The van der Waals surface area contributed by atoms with Crippen LogP contribution in [0, 0.1) is 0 Å². The van der Waals surface area contributed by atoms with Crippen molar-refractivity contribution in [3.8, 4) is 5.75 Å². The highest BCUT2D eigenvalue weighted by molar-refractivity contribution is 7.22. The van der Waals surface area contributed by atoms with Crippen LogP contribution in [0.25, 0.3) is 10.2 Å². The summed E-state index contributed by atoms with van der Waals surface area (Å²) in [6, 6.07) is 9.88. The van der Waals surface area contributed by atoms with Gasteiger partial charge in [0.1, 0.15) is 5.75 Å². The Morgan fingerprint density at radius 3 is 2.67 bits per heavy atom. The number of benzene rings is 2. The minimum atomic E-state index is -0.394. The highest BCUT2D eigenvalue weighted by Crippen LogP contribution is 2.29. The van der Waals surface area contributed by atoms with E-state index in [1.807, 2.05) is 0 Å². The topological polar surface area (TPSA) is 77.5 Å². The molecule has 8 heteroatoms. The predicted octanol–water partition coefficient (Wildman–Crippen LogP) is 4.78. The number of nitrogens with zero attached hydrogens (tertiary/aromatic N) is 1. The van der Waals surface area contributed by atoms with E-state index in [1.165, 1.54) is 24.5 Å². The maximum Gasteiger partial charge on any atom is 0.338 e. The van der Waals surface area contributed by atoms with Gasteiger partial charge in [0.2, 0.25) is 0 Å². The molecule has 140 valence electrons. The number of amides is 1. The molecule has 0 fully saturated rings. The summed E-state index contributed by atoms with van der Waals surface area (Å²) in [6.07, 6.45) is -0.197. The van der Waals surface area contributed by atoms with Crippen LogP contribution in [0.1, 0.15) is 34.6 Å². The van der Waals surface area contributed by atoms with Gasteiger partial charge in [-0.05, 0) is 50.2 Å². The monoisotopic (exact) mass is 404 g/mol. The second-order valence-corrected chi connectivity index (χ2v) is 7.42. The fourth-order valence-electron chi connectivity index (χ4n) is 2.41. The molecule has 0 saturated carbocycles. The van der Waals surface area contributed by atoms with Gasteiger partial charge in [-0.2, -0.15) is 0 Å². The Morgan fingerprint density at radius 1 is 1.19 bits per heavy atom. The van der Waals surface area contributed by atoms with E-state index in [0.717, 1.165) is 4.70 Å². The highest BCUT2D eigenvalue weighted by Gasteiger charge is 2.16. The van der Waals surface area contributed by atoms with Gasteiger partial charge in [-0.3, -0.25) is 10.1 Å². The van der Waals surface area contributed by atoms with Crippen LogP contribution >= 0.6 is 22.9 Å². The molecular weight excluding hydrogens is 388 g/mol. The predicted molar refractivity (Wildman–Crippen MR) is 106 cm³/mol. The number of carbonyl (C=O) groups excluding carboxylic acids is 2. The zero-order valence-electron chi connectivity index (χ0n) is 14.9. The minimum Gasteiger partial charge on any atom is -0.496 e. The maximum atomic E-state index is 12.6. The van der Waals surface area contributed by atoms with Gasteiger partial charge in [0.25, 0.3) is 5.91 Å². The smallest absolute Gasteiger partial charge is 0.338 e. The van der Waals surface area contributed by atoms with E-state index in [4.69, 9.17) is 21.1 Å². The van der Waals surface area contributed by atoms with E-state index in [0.29, 0.717) is 32.5 Å². The lowest BCUT2D eigenvalue weighted by Gasteiger charge is -2.08. The van der Waals surface area contributed by atoms with Crippen LogP contribution in [0.4, 0.5) is 5.13 Å². The lowest BCUT2D eigenvalue weighted by atomic mass is 10.2. The Balaban J connectivity index is 1.84. The second-order valence-electron chi connectivity index (χ2n) is 5.95. The van der Waals surface area contributed by atoms with Crippen LogP contribution in [0.2, 0.25) is 5.02 Å². The molecule has 1 amide bonds. The molecule has 0 saturated heterocycles. The number of thiazole rings is 1. The number of fused-ring (bicyclic) bond motifs is 1. The van der Waals surface area contributed by atoms with Crippen molar-refractivity contribution in [2.75, 3.05) is 12.4 Å². The van der Waals surface area contributed by atoms with Crippen LogP contribution in [0.15, 0.2) is 36.4 Å². The number of esters is 1. The molecule has 0 unspecified atom stereocenters. The van der Waals surface area contributed by atoms with Crippen LogP contribution < -0.4 is 10.1 Å². The summed E-state index contributed by atoms with van der Waals surface area (Å²) in [4.78, 5) is 29.0. The van der Waals surface area contributed by atoms with Gasteiger partial charge < -0.3 is 9.47 Å². The molecule has 0 spiro atoms. The molecule has 0 atom stereocenters. The van der Waals surface area contributed by atoms with Gasteiger partial charge in [0, 0.05) is 5.02 Å². The quantitative estimate of drug-likeness (QED) is 0.619. The molecule has 0 aliphatic heterocycles. The summed E-state index contributed by atoms with van der Waals surface area (Å²) < 4.78 is 11.2. The first-order valence-corrected chi connectivity index (χ1v) is 9.33. The largest absolute Gasteiger partial charge is 0.496 e. The third-order valence-corrected chi connectivity index (χ3v) is 4.76. The van der Waals surface area contributed by atoms with E-state index in [9.17, 15) is 9.59 Å². The standard InChI is InChI=1S/C19H17ClN2O4S/c1-10(2)26-18(24)11-4-6-14-16(8-11)27-19(21-14)22-17(23)13-9-12(20)5-7-15(13)25-3/h4-10H,1-3H3,(H,21,22,23). The first-order valence-electron chi connectivity index (χ1n) is 8.14. The Morgan fingerprint density at radius 2 is 1.96 bits per heavy atom. The summed E-state index contributed by atoms with van der Waals surface area (Å²) >= 11 is 7.24. The number of aromatic nitrogens is 1. The molecule has 1 heterocycles. The average molecular weight is 405 g/mol. The molecule has 0 bridgehead atoms. The SMILES string of the molecule is COc1ccc(Cl)cc1C(=O)Nc1nc2ccc(C(=O)OC(C)C)cc2s1. The molecule has 3 rings (SSSR count). The summed E-state index contributed by atoms with van der Waals surface area (Å²) in [5.74, 6) is -0.362. The summed E-state index contributed by atoms with van der Waals surface area (Å²) in [6.45, 7) is 3.59. The zero-order valence-corrected chi connectivity index (χ0v) is 16.5. The van der Waals surface area contributed by atoms with Crippen LogP contribution in [0.3, 0.4) is 0 Å². The van der Waals surface area contributed by atoms with Gasteiger partial charge in [0.05, 0.1) is 34.6 Å². The summed E-state index contributed by atoms with van der Waals surface area (Å²) in [5.41, 5.74) is 1.43. The fourth-order valence-corrected chi connectivity index (χ4v) is 3.48. The first kappa shape index (κ1) is 19.1. The Hall–Kier alpha value is -2.64. The van der Waals surface area contributed by atoms with Crippen molar-refractivity contribution in [1.82, 2.24) is 4.98 Å². The molecule has 1 aromatic heterocycles. The third-order valence-electron chi connectivity index (χ3n) is 3.59. The number of ether oxygens (including phenoxy) is 2. The lowest BCUT2D eigenvalue weighted by Crippen LogP contribution is -2.13. The zero-order chi connectivity index (χ0) is 19.6. The van der Waals surface area contributed by atoms with Crippen LogP contribution in [0.5, 0.6) is 5.75 Å². The van der Waals surface area contributed by atoms with Crippen molar-refractivity contribution >= 4 is 50.2 Å². The van der Waals surface area contributed by atoms with E-state index in [1.54, 1.807) is 44.2 Å². The summed E-state index contributed by atoms with van der Waals surface area (Å²) in [5, 5.41) is 3.58. The number of hydrogen-bond donors (Lipinski definition) is 1. The molecule has 0 aliphatic rings. The number of anilines is 1. The Labute approximate surface area is 165 Å². The molecular formula is C19H17ClN2O4S. The number of hydrogen-bond acceptors (Lipinski definition) is 6. The van der Waals surface area contributed by atoms with Crippen molar-refractivity contribution in [2.24, 2.45) is 0 Å². The van der Waals surface area contributed by atoms with Gasteiger partial charge in [-0.1, -0.05) is 22.9 Å². The van der Waals surface area contributed by atoms with Crippen molar-refractivity contribution in [2.45, 2.75) is 20.0 Å². The number of nitrogens with one attached hydrogen (secondary N) is 1. The Kier molecular flexibility index (Phi) is 5.62. The van der Waals surface area contributed by atoms with Crippen LogP contribution in [-0.2, 0) is 4.74 Å². The normalized spacial score (nSPS) is 10.9. The van der Waals surface area contributed by atoms with Gasteiger partial charge in [0.15, 0.2) is 5.13 Å². The highest BCUT2D eigenvalue weighted by atomic mass is 35.5. The number of carbonyl (C=O) groups is 2. The molecule has 0 radical (unpaired) electrons. The fraction of sp³-hybridized carbons (Fsp3) is 0.211. The van der Waals surface area contributed by atoms with E-state index in [2.05, 4.69) is 10.3 Å². The molecule has 2 aromatic carbocycles. The van der Waals surface area contributed by atoms with Crippen molar-refractivity contribution in [1.29, 1.82) is 0 Å². The summed E-state index contributed by atoms with van der Waals surface area (Å²) in [7, 11) is 1.48. The van der Waals surface area contributed by atoms with Crippen LogP contribution in [-0.4, -0.2) is 30.1 Å². The second kappa shape index (κ2) is 7.94. The van der Waals surface area contributed by atoms with E-state index < -0.39 is 5.97 Å². The first-order chi connectivity index (χ1) is 12.9. The lowest BCUT2D eigenvalue weighted by molar-refractivity contribution is 0.0378. The third kappa shape index (κ3) is 4.37. The van der Waals surface area contributed by atoms with E-state index in [-0.39, 0.29) is 12.0 Å². The molecule has 0 aliphatic carbocycles. The van der Waals surface area contributed by atoms with Gasteiger partial charge in [-0.25, -0.2) is 9.78 Å². The van der Waals surface area contributed by atoms with Crippen molar-refractivity contribution in [3.05, 3.63) is 52.5 Å². The number of methoxy groups -OCH3 is 1. The molecule has 6 nitrogen and oxygen atoms in total. The molecule has 3 aromatic rings. The molecule has 27 heavy (non-hydrogen) atoms. The number of halogens is 1. The van der Waals surface area contributed by atoms with Crippen molar-refractivity contribution < 1.29 is 19.1 Å². The van der Waals surface area contributed by atoms with E-state index >= 15 is 0 Å². The maximum absolute atomic E-state index is 12.6. The average Bonchev–Trinajstić information content (AvgIpc) is 3.02. The minimum absolute atomic E-state index is 0.197. The van der Waals surface area contributed by atoms with Gasteiger partial charge >= 0.3 is 5.97 Å².